The molecule has 1 rings (SSSR count). The number of halogens is 1. The summed E-state index contributed by atoms with van der Waals surface area (Å²) in [5.41, 5.74) is 0.319. The number of aliphatic hydroxyl groups is 1. The molecule has 0 amide bonds. The maximum absolute atomic E-state index is 10.9. The predicted octanol–water partition coefficient (Wildman–Crippen LogP) is 1.20. The third kappa shape index (κ3) is 1.70. The van der Waals surface area contributed by atoms with Gasteiger partial charge in [-0.2, -0.15) is 0 Å². The summed E-state index contributed by atoms with van der Waals surface area (Å²) in [6.45, 7) is 1.52. The van der Waals surface area contributed by atoms with Crippen molar-refractivity contribution in [3.8, 4) is 0 Å². The molecule has 0 saturated heterocycles. The molecule has 1 N–H and O–H groups in total. The van der Waals surface area contributed by atoms with Gasteiger partial charge in [0.25, 0.3) is 0 Å². The number of hydrogen-bond acceptors (Lipinski definition) is 3. The zero-order valence-corrected chi connectivity index (χ0v) is 7.51. The van der Waals surface area contributed by atoms with Gasteiger partial charge in [0.2, 0.25) is 0 Å². The SMILES string of the molecule is Cc1cc(CO)oc(=O)c1Br. The van der Waals surface area contributed by atoms with Crippen LogP contribution in [-0.2, 0) is 6.61 Å². The minimum atomic E-state index is -0.450. The molecule has 0 atom stereocenters. The molecule has 0 bridgehead atoms. The molecular weight excluding hydrogens is 212 g/mol. The van der Waals surface area contributed by atoms with Crippen molar-refractivity contribution in [1.82, 2.24) is 0 Å². The van der Waals surface area contributed by atoms with Crippen LogP contribution in [0.25, 0.3) is 0 Å². The van der Waals surface area contributed by atoms with Crippen molar-refractivity contribution in [2.45, 2.75) is 13.5 Å². The maximum atomic E-state index is 10.9. The predicted molar refractivity (Wildman–Crippen MR) is 43.3 cm³/mol. The van der Waals surface area contributed by atoms with E-state index in [-0.39, 0.29) is 12.4 Å². The Morgan fingerprint density at radius 1 is 1.73 bits per heavy atom. The quantitative estimate of drug-likeness (QED) is 0.771. The lowest BCUT2D eigenvalue weighted by Gasteiger charge is -1.97. The van der Waals surface area contributed by atoms with E-state index < -0.39 is 5.63 Å². The highest BCUT2D eigenvalue weighted by atomic mass is 79.9. The average molecular weight is 219 g/mol. The fourth-order valence-corrected chi connectivity index (χ4v) is 0.932. The number of rotatable bonds is 1. The summed E-state index contributed by atoms with van der Waals surface area (Å²) >= 11 is 3.05. The second-order valence-electron chi connectivity index (χ2n) is 2.16. The summed E-state index contributed by atoms with van der Waals surface area (Å²) < 4.78 is 5.10. The first-order valence-corrected chi connectivity index (χ1v) is 3.84. The van der Waals surface area contributed by atoms with Crippen LogP contribution in [0.3, 0.4) is 0 Å². The molecule has 0 aliphatic rings. The summed E-state index contributed by atoms with van der Waals surface area (Å²) in [6, 6.07) is 1.62. The van der Waals surface area contributed by atoms with Crippen LogP contribution in [0.5, 0.6) is 0 Å². The van der Waals surface area contributed by atoms with E-state index in [0.717, 1.165) is 5.56 Å². The summed E-state index contributed by atoms with van der Waals surface area (Å²) in [5, 5.41) is 8.63. The molecule has 0 spiro atoms. The molecule has 0 fully saturated rings. The molecule has 1 heterocycles. The van der Waals surface area contributed by atoms with Crippen molar-refractivity contribution < 1.29 is 9.52 Å². The molecular formula is C7H7BrO3. The molecule has 4 heteroatoms. The smallest absolute Gasteiger partial charge is 0.350 e. The van der Waals surface area contributed by atoms with Crippen molar-refractivity contribution in [2.75, 3.05) is 0 Å². The Morgan fingerprint density at radius 2 is 2.36 bits per heavy atom. The lowest BCUT2D eigenvalue weighted by Crippen LogP contribution is -2.04. The van der Waals surface area contributed by atoms with E-state index in [1.807, 2.05) is 0 Å². The molecule has 1 aromatic heterocycles. The first-order chi connectivity index (χ1) is 5.15. The minimum absolute atomic E-state index is 0.247. The van der Waals surface area contributed by atoms with Crippen molar-refractivity contribution in [3.63, 3.8) is 0 Å². The van der Waals surface area contributed by atoms with Crippen LogP contribution in [-0.4, -0.2) is 5.11 Å². The molecule has 0 aromatic carbocycles. The fourth-order valence-electron chi connectivity index (χ4n) is 0.737. The van der Waals surface area contributed by atoms with Gasteiger partial charge in [-0.3, -0.25) is 0 Å². The van der Waals surface area contributed by atoms with Crippen LogP contribution in [0, 0.1) is 6.92 Å². The highest BCUT2D eigenvalue weighted by molar-refractivity contribution is 9.10. The molecule has 11 heavy (non-hydrogen) atoms. The van der Waals surface area contributed by atoms with Crippen molar-refractivity contribution in [3.05, 3.63) is 32.3 Å². The Kier molecular flexibility index (Phi) is 2.46. The molecule has 0 aliphatic heterocycles. The van der Waals surface area contributed by atoms with Gasteiger partial charge in [-0.25, -0.2) is 4.79 Å². The van der Waals surface area contributed by atoms with E-state index >= 15 is 0 Å². The maximum Gasteiger partial charge on any atom is 0.350 e. The number of hydrogen-bond donors (Lipinski definition) is 1. The Labute approximate surface area is 71.8 Å². The Morgan fingerprint density at radius 3 is 2.82 bits per heavy atom. The highest BCUT2D eigenvalue weighted by Gasteiger charge is 2.03. The van der Waals surface area contributed by atoms with E-state index in [9.17, 15) is 4.79 Å². The largest absolute Gasteiger partial charge is 0.425 e. The second-order valence-corrected chi connectivity index (χ2v) is 2.95. The minimum Gasteiger partial charge on any atom is -0.425 e. The van der Waals surface area contributed by atoms with E-state index in [4.69, 9.17) is 5.11 Å². The monoisotopic (exact) mass is 218 g/mol. The molecule has 0 radical (unpaired) electrons. The summed E-state index contributed by atoms with van der Waals surface area (Å²) in [6.07, 6.45) is 0. The van der Waals surface area contributed by atoms with Crippen LogP contribution >= 0.6 is 15.9 Å². The van der Waals surface area contributed by atoms with Gasteiger partial charge in [0.1, 0.15) is 16.8 Å². The van der Waals surface area contributed by atoms with E-state index in [1.165, 1.54) is 0 Å². The third-order valence-electron chi connectivity index (χ3n) is 1.28. The van der Waals surface area contributed by atoms with Crippen molar-refractivity contribution in [2.24, 2.45) is 0 Å². The zero-order valence-electron chi connectivity index (χ0n) is 5.93. The van der Waals surface area contributed by atoms with Gasteiger partial charge >= 0.3 is 5.63 Å². The summed E-state index contributed by atoms with van der Waals surface area (Å²) in [7, 11) is 0. The zero-order chi connectivity index (χ0) is 8.43. The third-order valence-corrected chi connectivity index (χ3v) is 2.23. The first kappa shape index (κ1) is 8.49. The van der Waals surface area contributed by atoms with Gasteiger partial charge in [-0.1, -0.05) is 0 Å². The van der Waals surface area contributed by atoms with Crippen LogP contribution in [0.2, 0.25) is 0 Å². The molecule has 3 nitrogen and oxygen atoms in total. The Balaban J connectivity index is 3.32. The van der Waals surface area contributed by atoms with Gasteiger partial charge < -0.3 is 9.52 Å². The molecule has 1 aromatic rings. The average Bonchev–Trinajstić information content (AvgIpc) is 1.99. The number of aliphatic hydroxyl groups excluding tert-OH is 1. The number of aryl methyl sites for hydroxylation is 1. The Bertz CT molecular complexity index is 316. The molecule has 0 saturated carbocycles. The summed E-state index contributed by atoms with van der Waals surface area (Å²) in [5.74, 6) is 0.288. The molecule has 0 aliphatic carbocycles. The van der Waals surface area contributed by atoms with Crippen LogP contribution in [0.15, 0.2) is 19.8 Å². The van der Waals surface area contributed by atoms with E-state index in [1.54, 1.807) is 13.0 Å². The van der Waals surface area contributed by atoms with E-state index in [0.29, 0.717) is 4.47 Å². The normalized spacial score (nSPS) is 10.1. The first-order valence-electron chi connectivity index (χ1n) is 3.05. The van der Waals surface area contributed by atoms with Crippen LogP contribution in [0.4, 0.5) is 0 Å². The second kappa shape index (κ2) is 3.19. The van der Waals surface area contributed by atoms with Crippen molar-refractivity contribution >= 4 is 15.9 Å². The molecule has 0 unspecified atom stereocenters. The standard InChI is InChI=1S/C7H7BrO3/c1-4-2-5(3-9)11-7(10)6(4)8/h2,9H,3H2,1H3. The van der Waals surface area contributed by atoms with Crippen LogP contribution < -0.4 is 5.63 Å². The van der Waals surface area contributed by atoms with Crippen molar-refractivity contribution in [1.29, 1.82) is 0 Å². The van der Waals surface area contributed by atoms with Crippen LogP contribution in [0.1, 0.15) is 11.3 Å². The fraction of sp³-hybridized carbons (Fsp3) is 0.286. The lowest BCUT2D eigenvalue weighted by atomic mass is 10.3. The van der Waals surface area contributed by atoms with Gasteiger partial charge in [0.15, 0.2) is 0 Å². The van der Waals surface area contributed by atoms with Gasteiger partial charge in [0, 0.05) is 0 Å². The van der Waals surface area contributed by atoms with Gasteiger partial charge in [-0.05, 0) is 34.5 Å². The highest BCUT2D eigenvalue weighted by Crippen LogP contribution is 2.11. The lowest BCUT2D eigenvalue weighted by molar-refractivity contribution is 0.239. The summed E-state index contributed by atoms with van der Waals surface area (Å²) in [4.78, 5) is 10.9. The van der Waals surface area contributed by atoms with Gasteiger partial charge in [0.05, 0.1) is 0 Å². The molecule has 60 valence electrons. The van der Waals surface area contributed by atoms with Gasteiger partial charge in [-0.15, -0.1) is 0 Å². The topological polar surface area (TPSA) is 50.4 Å². The Hall–Kier alpha value is -0.610. The van der Waals surface area contributed by atoms with E-state index in [2.05, 4.69) is 20.3 Å².